The second kappa shape index (κ2) is 4.57. The number of ether oxygens (including phenoxy) is 1. The molecule has 0 amide bonds. The van der Waals surface area contributed by atoms with Crippen molar-refractivity contribution in [2.24, 2.45) is 0 Å². The number of benzene rings is 1. The second-order valence-corrected chi connectivity index (χ2v) is 4.06. The second-order valence-electron chi connectivity index (χ2n) is 3.14. The minimum absolute atomic E-state index is 0.341. The molecule has 1 rings (SSSR count). The van der Waals surface area contributed by atoms with E-state index in [0.717, 1.165) is 4.47 Å². The molecule has 0 unspecified atom stereocenters. The average molecular weight is 259 g/mol. The minimum Gasteiger partial charge on any atom is -0.478 e. The van der Waals surface area contributed by atoms with E-state index in [4.69, 9.17) is 9.84 Å². The summed E-state index contributed by atoms with van der Waals surface area (Å²) in [5.74, 6) is 0.553. The number of carbonyl (C=O) groups is 1. The highest BCUT2D eigenvalue weighted by Crippen LogP contribution is 2.20. The number of aliphatic hydroxyl groups is 1. The first-order valence-electron chi connectivity index (χ1n) is 4.11. The van der Waals surface area contributed by atoms with Crippen LogP contribution in [0.3, 0.4) is 0 Å². The molecule has 1 aromatic rings. The van der Waals surface area contributed by atoms with Gasteiger partial charge < -0.3 is 9.84 Å². The molecule has 0 spiro atoms. The van der Waals surface area contributed by atoms with E-state index in [2.05, 4.69) is 15.9 Å². The van der Waals surface area contributed by atoms with Gasteiger partial charge in [0.15, 0.2) is 11.9 Å². The van der Waals surface area contributed by atoms with Crippen molar-refractivity contribution in [3.63, 3.8) is 0 Å². The number of aliphatic hydroxyl groups excluding tert-OH is 1. The normalized spacial score (nSPS) is 14.5. The summed E-state index contributed by atoms with van der Waals surface area (Å²) < 4.78 is 6.25. The Morgan fingerprint density at radius 1 is 1.50 bits per heavy atom. The molecule has 0 aliphatic heterocycles. The molecule has 1 N–H and O–H groups in total. The summed E-state index contributed by atoms with van der Waals surface area (Å²) in [7, 11) is 0. The van der Waals surface area contributed by atoms with Crippen LogP contribution in [-0.2, 0) is 4.79 Å². The fourth-order valence-electron chi connectivity index (χ4n) is 0.865. The molecule has 0 radical (unpaired) electrons. The van der Waals surface area contributed by atoms with Crippen LogP contribution in [0.2, 0.25) is 0 Å². The molecule has 0 aromatic heterocycles. The third kappa shape index (κ3) is 2.82. The lowest BCUT2D eigenvalue weighted by Gasteiger charge is -2.22. The molecule has 0 aliphatic rings. The van der Waals surface area contributed by atoms with E-state index >= 15 is 0 Å². The molecule has 3 nitrogen and oxygen atoms in total. The number of carbonyl (C=O) groups excluding carboxylic acids is 1. The largest absolute Gasteiger partial charge is 0.478 e. The van der Waals surface area contributed by atoms with Crippen LogP contribution in [0.1, 0.15) is 6.92 Å². The van der Waals surface area contributed by atoms with Gasteiger partial charge in [0.1, 0.15) is 5.75 Å². The fourth-order valence-corrected chi connectivity index (χ4v) is 1.13. The summed E-state index contributed by atoms with van der Waals surface area (Å²) in [6, 6.07) is 7.05. The molecule has 1 aromatic carbocycles. The zero-order chi connectivity index (χ0) is 10.6. The maximum absolute atomic E-state index is 10.6. The van der Waals surface area contributed by atoms with Gasteiger partial charge in [-0.05, 0) is 31.2 Å². The summed E-state index contributed by atoms with van der Waals surface area (Å²) in [6.07, 6.45) is 0.592. The monoisotopic (exact) mass is 258 g/mol. The molecule has 0 heterocycles. The number of hydrogen-bond donors (Lipinski definition) is 1. The summed E-state index contributed by atoms with van der Waals surface area (Å²) in [5.41, 5.74) is -1.16. The molecule has 0 saturated heterocycles. The number of hydrogen-bond acceptors (Lipinski definition) is 3. The molecule has 14 heavy (non-hydrogen) atoms. The molecule has 0 bridgehead atoms. The number of rotatable bonds is 4. The van der Waals surface area contributed by atoms with Crippen molar-refractivity contribution >= 4 is 22.2 Å². The van der Waals surface area contributed by atoms with Crippen LogP contribution in [0.15, 0.2) is 28.7 Å². The average Bonchev–Trinajstić information content (AvgIpc) is 2.21. The molecule has 0 aliphatic carbocycles. The van der Waals surface area contributed by atoms with Crippen molar-refractivity contribution in [3.8, 4) is 5.75 Å². The summed E-state index contributed by atoms with van der Waals surface area (Å²) in [4.78, 5) is 10.6. The first kappa shape index (κ1) is 11.2. The predicted octanol–water partition coefficient (Wildman–Crippen LogP) is 1.78. The van der Waals surface area contributed by atoms with E-state index in [1.807, 2.05) is 0 Å². The van der Waals surface area contributed by atoms with E-state index in [0.29, 0.717) is 12.0 Å². The molecule has 76 valence electrons. The van der Waals surface area contributed by atoms with Gasteiger partial charge in [0.2, 0.25) is 0 Å². The topological polar surface area (TPSA) is 46.5 Å². The van der Waals surface area contributed by atoms with Gasteiger partial charge in [-0.1, -0.05) is 15.9 Å². The minimum atomic E-state index is -1.16. The third-order valence-electron chi connectivity index (χ3n) is 1.73. The lowest BCUT2D eigenvalue weighted by atomic mass is 10.1. The first-order valence-corrected chi connectivity index (χ1v) is 4.91. The van der Waals surface area contributed by atoms with Gasteiger partial charge in [0.25, 0.3) is 0 Å². The predicted molar refractivity (Wildman–Crippen MR) is 56.3 cm³/mol. The smallest absolute Gasteiger partial charge is 0.184 e. The molecule has 0 saturated carbocycles. The van der Waals surface area contributed by atoms with Crippen LogP contribution in [0.4, 0.5) is 0 Å². The van der Waals surface area contributed by atoms with Crippen LogP contribution >= 0.6 is 15.9 Å². The highest BCUT2D eigenvalue weighted by molar-refractivity contribution is 9.10. The van der Waals surface area contributed by atoms with Gasteiger partial charge in [0.05, 0.1) is 6.61 Å². The molecular weight excluding hydrogens is 248 g/mol. The van der Waals surface area contributed by atoms with Crippen molar-refractivity contribution in [2.45, 2.75) is 12.5 Å². The zero-order valence-electron chi connectivity index (χ0n) is 7.74. The van der Waals surface area contributed by atoms with E-state index < -0.39 is 5.60 Å². The Hall–Kier alpha value is -0.870. The molecule has 1 atom stereocenters. The number of halogens is 1. The SMILES string of the molecule is C[C@](C=O)(CO)Oc1ccc(Br)cc1. The Bertz CT molecular complexity index is 310. The van der Waals surface area contributed by atoms with Crippen molar-refractivity contribution in [3.05, 3.63) is 28.7 Å². The number of aldehydes is 1. The van der Waals surface area contributed by atoms with Crippen molar-refractivity contribution in [2.75, 3.05) is 6.61 Å². The summed E-state index contributed by atoms with van der Waals surface area (Å²) >= 11 is 3.28. The zero-order valence-corrected chi connectivity index (χ0v) is 9.32. The lowest BCUT2D eigenvalue weighted by molar-refractivity contribution is -0.123. The van der Waals surface area contributed by atoms with Gasteiger partial charge >= 0.3 is 0 Å². The van der Waals surface area contributed by atoms with Gasteiger partial charge in [-0.2, -0.15) is 0 Å². The summed E-state index contributed by atoms with van der Waals surface area (Å²) in [5, 5.41) is 8.94. The van der Waals surface area contributed by atoms with Crippen molar-refractivity contribution in [1.29, 1.82) is 0 Å². The van der Waals surface area contributed by atoms with Crippen LogP contribution in [0, 0.1) is 0 Å². The fraction of sp³-hybridized carbons (Fsp3) is 0.300. The van der Waals surface area contributed by atoms with E-state index in [9.17, 15) is 4.79 Å². The van der Waals surface area contributed by atoms with Gasteiger partial charge in [-0.25, -0.2) is 0 Å². The standard InChI is InChI=1S/C10H11BrO3/c1-10(6-12,7-13)14-9-4-2-8(11)3-5-9/h2-6,13H,7H2,1H3/t10-/m0/s1. The van der Waals surface area contributed by atoms with Crippen molar-refractivity contribution < 1.29 is 14.6 Å². The third-order valence-corrected chi connectivity index (χ3v) is 2.26. The first-order chi connectivity index (χ1) is 6.59. The Kier molecular flexibility index (Phi) is 3.66. The van der Waals surface area contributed by atoms with E-state index in [-0.39, 0.29) is 6.61 Å². The van der Waals surface area contributed by atoms with Crippen LogP contribution in [-0.4, -0.2) is 23.6 Å². The quantitative estimate of drug-likeness (QED) is 0.838. The highest BCUT2D eigenvalue weighted by Gasteiger charge is 2.24. The maximum Gasteiger partial charge on any atom is 0.184 e. The van der Waals surface area contributed by atoms with E-state index in [1.165, 1.54) is 6.92 Å². The van der Waals surface area contributed by atoms with Gasteiger partial charge in [-0.3, -0.25) is 4.79 Å². The maximum atomic E-state index is 10.6. The Balaban J connectivity index is 2.77. The van der Waals surface area contributed by atoms with Gasteiger partial charge in [-0.15, -0.1) is 0 Å². The Morgan fingerprint density at radius 3 is 2.50 bits per heavy atom. The highest BCUT2D eigenvalue weighted by atomic mass is 79.9. The lowest BCUT2D eigenvalue weighted by Crippen LogP contribution is -2.38. The van der Waals surface area contributed by atoms with Crippen LogP contribution in [0.25, 0.3) is 0 Å². The Morgan fingerprint density at radius 2 is 2.07 bits per heavy atom. The van der Waals surface area contributed by atoms with Crippen molar-refractivity contribution in [1.82, 2.24) is 0 Å². The van der Waals surface area contributed by atoms with E-state index in [1.54, 1.807) is 24.3 Å². The molecule has 0 fully saturated rings. The summed E-state index contributed by atoms with van der Waals surface area (Å²) in [6.45, 7) is 1.19. The molecule has 4 heteroatoms. The van der Waals surface area contributed by atoms with Crippen LogP contribution < -0.4 is 4.74 Å². The Labute approximate surface area is 90.8 Å². The van der Waals surface area contributed by atoms with Crippen LogP contribution in [0.5, 0.6) is 5.75 Å². The molecular formula is C10H11BrO3. The van der Waals surface area contributed by atoms with Gasteiger partial charge in [0, 0.05) is 4.47 Å².